The van der Waals surface area contributed by atoms with Gasteiger partial charge < -0.3 is 25.3 Å². The Bertz CT molecular complexity index is 536. The van der Waals surface area contributed by atoms with Crippen molar-refractivity contribution in [1.29, 1.82) is 0 Å². The monoisotopic (exact) mass is 324 g/mol. The summed E-state index contributed by atoms with van der Waals surface area (Å²) in [5.74, 6) is 0.0123. The molecular weight excluding hydrogens is 300 g/mol. The average molecular weight is 324 g/mol. The Kier molecular flexibility index (Phi) is 6.38. The van der Waals surface area contributed by atoms with Gasteiger partial charge in [0.1, 0.15) is 17.4 Å². The lowest BCUT2D eigenvalue weighted by Gasteiger charge is -2.26. The highest BCUT2D eigenvalue weighted by atomic mass is 16.6. The summed E-state index contributed by atoms with van der Waals surface area (Å²) in [6, 6.07) is 4.99. The maximum atomic E-state index is 12.0. The molecule has 7 nitrogen and oxygen atoms in total. The van der Waals surface area contributed by atoms with Gasteiger partial charge in [-0.2, -0.15) is 0 Å². The van der Waals surface area contributed by atoms with E-state index < -0.39 is 29.7 Å². The zero-order chi connectivity index (χ0) is 17.6. The summed E-state index contributed by atoms with van der Waals surface area (Å²) in [5, 5.41) is 2.61. The molecule has 0 saturated carbocycles. The number of hydrogen-bond donors (Lipinski definition) is 2. The van der Waals surface area contributed by atoms with Crippen molar-refractivity contribution in [2.24, 2.45) is 5.73 Å². The molecule has 3 N–H and O–H groups in total. The summed E-state index contributed by atoms with van der Waals surface area (Å²) < 4.78 is 15.0. The van der Waals surface area contributed by atoms with Crippen molar-refractivity contribution in [1.82, 2.24) is 5.32 Å². The molecule has 2 atom stereocenters. The number of amides is 1. The van der Waals surface area contributed by atoms with Crippen molar-refractivity contribution in [3.63, 3.8) is 0 Å². The number of rotatable bonds is 5. The summed E-state index contributed by atoms with van der Waals surface area (Å²) in [7, 11) is 2.78. The number of nitrogens with one attached hydrogen (secondary N) is 1. The summed E-state index contributed by atoms with van der Waals surface area (Å²) in [4.78, 5) is 23.8. The van der Waals surface area contributed by atoms with Crippen molar-refractivity contribution in [2.75, 3.05) is 14.2 Å². The number of carbonyl (C=O) groups is 2. The van der Waals surface area contributed by atoms with Gasteiger partial charge in [0.25, 0.3) is 0 Å². The van der Waals surface area contributed by atoms with E-state index in [1.165, 1.54) is 7.11 Å². The molecule has 0 heterocycles. The Hall–Kier alpha value is -2.28. The third-order valence-corrected chi connectivity index (χ3v) is 2.98. The van der Waals surface area contributed by atoms with E-state index in [9.17, 15) is 9.59 Å². The Morgan fingerprint density at radius 3 is 2.13 bits per heavy atom. The van der Waals surface area contributed by atoms with Crippen LogP contribution in [-0.2, 0) is 14.3 Å². The number of methoxy groups -OCH3 is 2. The van der Waals surface area contributed by atoms with Crippen LogP contribution in [0, 0.1) is 0 Å². The molecule has 0 fully saturated rings. The molecule has 1 aromatic rings. The van der Waals surface area contributed by atoms with E-state index in [-0.39, 0.29) is 0 Å². The molecule has 0 aliphatic carbocycles. The minimum absolute atomic E-state index is 0.634. The van der Waals surface area contributed by atoms with Gasteiger partial charge in [-0.05, 0) is 38.5 Å². The largest absolute Gasteiger partial charge is 0.497 e. The molecule has 0 aliphatic heterocycles. The molecule has 7 heteroatoms. The van der Waals surface area contributed by atoms with Crippen molar-refractivity contribution in [3.05, 3.63) is 29.8 Å². The second kappa shape index (κ2) is 7.82. The summed E-state index contributed by atoms with van der Waals surface area (Å²) in [6.45, 7) is 5.24. The predicted molar refractivity (Wildman–Crippen MR) is 85.1 cm³/mol. The smallest absolute Gasteiger partial charge is 0.408 e. The average Bonchev–Trinajstić information content (AvgIpc) is 2.49. The standard InChI is InChI=1S/C16H24N2O5/c1-16(2,3)23-15(20)18-13(12(17)14(19)22-5)10-6-8-11(21-4)9-7-10/h6-9,12-13H,17H2,1-5H3,(H,18,20)/t12-,13+/m1/s1. The Morgan fingerprint density at radius 2 is 1.70 bits per heavy atom. The molecule has 0 bridgehead atoms. The van der Waals surface area contributed by atoms with Crippen molar-refractivity contribution in [3.8, 4) is 5.75 Å². The molecule has 0 radical (unpaired) electrons. The second-order valence-electron chi connectivity index (χ2n) is 5.95. The second-order valence-corrected chi connectivity index (χ2v) is 5.95. The number of benzene rings is 1. The Balaban J connectivity index is 3.01. The summed E-state index contributed by atoms with van der Waals surface area (Å²) in [6.07, 6.45) is -0.669. The van der Waals surface area contributed by atoms with Gasteiger partial charge in [-0.25, -0.2) is 4.79 Å². The van der Waals surface area contributed by atoms with E-state index in [1.54, 1.807) is 52.1 Å². The SMILES string of the molecule is COC(=O)[C@H](N)[C@@H](NC(=O)OC(C)(C)C)c1ccc(OC)cc1. The van der Waals surface area contributed by atoms with Crippen LogP contribution in [-0.4, -0.2) is 37.9 Å². The lowest BCUT2D eigenvalue weighted by atomic mass is 10.00. The van der Waals surface area contributed by atoms with Gasteiger partial charge >= 0.3 is 12.1 Å². The van der Waals surface area contributed by atoms with Crippen LogP contribution in [0.1, 0.15) is 32.4 Å². The third kappa shape index (κ3) is 5.78. The van der Waals surface area contributed by atoms with Gasteiger partial charge in [0.05, 0.1) is 20.3 Å². The fourth-order valence-corrected chi connectivity index (χ4v) is 1.90. The van der Waals surface area contributed by atoms with Crippen molar-refractivity contribution >= 4 is 12.1 Å². The van der Waals surface area contributed by atoms with E-state index in [0.717, 1.165) is 0 Å². The topological polar surface area (TPSA) is 99.9 Å². The van der Waals surface area contributed by atoms with Crippen LogP contribution in [0.15, 0.2) is 24.3 Å². The summed E-state index contributed by atoms with van der Waals surface area (Å²) in [5.41, 5.74) is 5.88. The van der Waals surface area contributed by atoms with Crippen LogP contribution in [0.4, 0.5) is 4.79 Å². The van der Waals surface area contributed by atoms with Crippen molar-refractivity contribution in [2.45, 2.75) is 38.5 Å². The van der Waals surface area contributed by atoms with Gasteiger partial charge in [-0.3, -0.25) is 4.79 Å². The molecule has 0 aromatic heterocycles. The highest BCUT2D eigenvalue weighted by molar-refractivity contribution is 5.78. The maximum Gasteiger partial charge on any atom is 0.408 e. The van der Waals surface area contributed by atoms with Crippen LogP contribution in [0.2, 0.25) is 0 Å². The number of esters is 1. The first-order valence-electron chi connectivity index (χ1n) is 7.15. The van der Waals surface area contributed by atoms with E-state index >= 15 is 0 Å². The van der Waals surface area contributed by atoms with Crippen LogP contribution >= 0.6 is 0 Å². The van der Waals surface area contributed by atoms with E-state index in [4.69, 9.17) is 15.2 Å². The fourth-order valence-electron chi connectivity index (χ4n) is 1.90. The Morgan fingerprint density at radius 1 is 1.13 bits per heavy atom. The number of alkyl carbamates (subject to hydrolysis) is 1. The molecule has 1 aromatic carbocycles. The first-order chi connectivity index (χ1) is 10.7. The molecule has 1 amide bonds. The van der Waals surface area contributed by atoms with E-state index in [1.807, 2.05) is 0 Å². The molecule has 23 heavy (non-hydrogen) atoms. The quantitative estimate of drug-likeness (QED) is 0.801. The molecule has 0 aliphatic rings. The summed E-state index contributed by atoms with van der Waals surface area (Å²) >= 11 is 0. The molecule has 1 rings (SSSR count). The lowest BCUT2D eigenvalue weighted by Crippen LogP contribution is -2.47. The molecule has 0 spiro atoms. The van der Waals surface area contributed by atoms with E-state index in [0.29, 0.717) is 11.3 Å². The number of nitrogens with two attached hydrogens (primary N) is 1. The van der Waals surface area contributed by atoms with Gasteiger partial charge in [0.15, 0.2) is 0 Å². The highest BCUT2D eigenvalue weighted by Gasteiger charge is 2.30. The molecule has 128 valence electrons. The fraction of sp³-hybridized carbons (Fsp3) is 0.500. The van der Waals surface area contributed by atoms with Crippen LogP contribution < -0.4 is 15.8 Å². The Labute approximate surface area is 136 Å². The van der Waals surface area contributed by atoms with Crippen LogP contribution in [0.3, 0.4) is 0 Å². The molecule has 0 unspecified atom stereocenters. The molecular formula is C16H24N2O5. The predicted octanol–water partition coefficient (Wildman–Crippen LogP) is 1.76. The first-order valence-corrected chi connectivity index (χ1v) is 7.15. The zero-order valence-corrected chi connectivity index (χ0v) is 14.1. The van der Waals surface area contributed by atoms with Gasteiger partial charge in [0, 0.05) is 0 Å². The highest BCUT2D eigenvalue weighted by Crippen LogP contribution is 2.21. The normalized spacial score (nSPS) is 13.7. The van der Waals surface area contributed by atoms with Gasteiger partial charge in [-0.1, -0.05) is 12.1 Å². The molecule has 0 saturated heterocycles. The lowest BCUT2D eigenvalue weighted by molar-refractivity contribution is -0.142. The van der Waals surface area contributed by atoms with E-state index in [2.05, 4.69) is 10.1 Å². The van der Waals surface area contributed by atoms with Crippen LogP contribution in [0.5, 0.6) is 5.75 Å². The van der Waals surface area contributed by atoms with Gasteiger partial charge in [0.2, 0.25) is 0 Å². The first kappa shape index (κ1) is 18.8. The van der Waals surface area contributed by atoms with Crippen LogP contribution in [0.25, 0.3) is 0 Å². The zero-order valence-electron chi connectivity index (χ0n) is 14.1. The minimum atomic E-state index is -1.07. The van der Waals surface area contributed by atoms with Gasteiger partial charge in [-0.15, -0.1) is 0 Å². The minimum Gasteiger partial charge on any atom is -0.497 e. The number of ether oxygens (including phenoxy) is 3. The maximum absolute atomic E-state index is 12.0. The number of carbonyl (C=O) groups excluding carboxylic acids is 2. The number of hydrogen-bond acceptors (Lipinski definition) is 6. The van der Waals surface area contributed by atoms with Crippen molar-refractivity contribution < 1.29 is 23.8 Å². The third-order valence-electron chi connectivity index (χ3n) is 2.98.